The first-order valence-electron chi connectivity index (χ1n) is 5.42. The Balaban J connectivity index is 0.000000160. The van der Waals surface area contributed by atoms with Crippen LogP contribution in [0, 0.1) is 0 Å². The molecule has 0 aliphatic carbocycles. The first-order chi connectivity index (χ1) is 7.61. The summed E-state index contributed by atoms with van der Waals surface area (Å²) in [6.45, 7) is 8.30. The molecular weight excluding hydrogens is 204 g/mol. The van der Waals surface area contributed by atoms with Crippen molar-refractivity contribution in [3.8, 4) is 0 Å². The highest BCUT2D eigenvalue weighted by atomic mass is 16.5. The highest BCUT2D eigenvalue weighted by Gasteiger charge is 2.00. The van der Waals surface area contributed by atoms with Crippen molar-refractivity contribution in [3.05, 3.63) is 36.0 Å². The second-order valence-electron chi connectivity index (χ2n) is 4.15. The van der Waals surface area contributed by atoms with E-state index >= 15 is 0 Å². The van der Waals surface area contributed by atoms with Crippen molar-refractivity contribution in [3.63, 3.8) is 0 Å². The van der Waals surface area contributed by atoms with Gasteiger partial charge in [-0.2, -0.15) is 0 Å². The zero-order valence-electron chi connectivity index (χ0n) is 10.2. The van der Waals surface area contributed by atoms with Crippen molar-refractivity contribution in [2.75, 3.05) is 0 Å². The Hall–Kier alpha value is -1.58. The Morgan fingerprint density at radius 3 is 2.06 bits per heavy atom. The van der Waals surface area contributed by atoms with Gasteiger partial charge in [-0.15, -0.1) is 0 Å². The Morgan fingerprint density at radius 1 is 1.06 bits per heavy atom. The lowest BCUT2D eigenvalue weighted by molar-refractivity contribution is 0.371. The van der Waals surface area contributed by atoms with E-state index in [9.17, 15) is 0 Å². The lowest BCUT2D eigenvalue weighted by Gasteiger charge is -1.92. The van der Waals surface area contributed by atoms with E-state index in [-0.39, 0.29) is 0 Å². The van der Waals surface area contributed by atoms with Crippen molar-refractivity contribution in [1.29, 1.82) is 0 Å². The molecular formula is C12H18N2O2. The first-order valence-corrected chi connectivity index (χ1v) is 5.42. The highest BCUT2D eigenvalue weighted by molar-refractivity contribution is 5.00. The quantitative estimate of drug-likeness (QED) is 0.779. The fourth-order valence-corrected chi connectivity index (χ4v) is 1.04. The maximum atomic E-state index is 4.84. The fourth-order valence-electron chi connectivity index (χ4n) is 1.04. The van der Waals surface area contributed by atoms with Gasteiger partial charge >= 0.3 is 0 Å². The Bertz CT molecular complexity index is 325. The minimum atomic E-state index is 0.456. The van der Waals surface area contributed by atoms with E-state index in [4.69, 9.17) is 4.52 Å². The van der Waals surface area contributed by atoms with Gasteiger partial charge in [0.05, 0.1) is 11.9 Å². The van der Waals surface area contributed by atoms with Crippen LogP contribution in [0.15, 0.2) is 33.6 Å². The van der Waals surface area contributed by atoms with Crippen LogP contribution in [-0.4, -0.2) is 10.3 Å². The van der Waals surface area contributed by atoms with Crippen LogP contribution in [0.5, 0.6) is 0 Å². The van der Waals surface area contributed by atoms with E-state index in [0.29, 0.717) is 11.8 Å². The van der Waals surface area contributed by atoms with Gasteiger partial charge in [0.15, 0.2) is 0 Å². The standard InChI is InChI=1S/2C6H9NO/c1-5(2)6-3-4-8-7-6;1-5(2)6-3-4-7-8-6/h2*3-5H,1-2H3. The molecule has 0 atom stereocenters. The molecule has 16 heavy (non-hydrogen) atoms. The third-order valence-electron chi connectivity index (χ3n) is 2.08. The van der Waals surface area contributed by atoms with E-state index in [1.54, 1.807) is 12.5 Å². The minimum absolute atomic E-state index is 0.456. The van der Waals surface area contributed by atoms with Crippen molar-refractivity contribution in [2.24, 2.45) is 0 Å². The third-order valence-corrected chi connectivity index (χ3v) is 2.08. The highest BCUT2D eigenvalue weighted by Crippen LogP contribution is 2.11. The van der Waals surface area contributed by atoms with Gasteiger partial charge in [-0.25, -0.2) is 0 Å². The minimum Gasteiger partial charge on any atom is -0.365 e. The van der Waals surface area contributed by atoms with Gasteiger partial charge in [0, 0.05) is 18.1 Å². The number of nitrogens with zero attached hydrogens (tertiary/aromatic N) is 2. The van der Waals surface area contributed by atoms with Gasteiger partial charge in [0.1, 0.15) is 12.0 Å². The number of hydrogen-bond acceptors (Lipinski definition) is 4. The summed E-state index contributed by atoms with van der Waals surface area (Å²) in [5, 5.41) is 7.31. The lowest BCUT2D eigenvalue weighted by atomic mass is 10.1. The average molecular weight is 222 g/mol. The van der Waals surface area contributed by atoms with E-state index in [1.807, 2.05) is 12.1 Å². The summed E-state index contributed by atoms with van der Waals surface area (Å²) in [5.41, 5.74) is 1.02. The van der Waals surface area contributed by atoms with Crippen LogP contribution in [0.3, 0.4) is 0 Å². The van der Waals surface area contributed by atoms with Crippen molar-refractivity contribution in [2.45, 2.75) is 39.5 Å². The molecule has 0 bridgehead atoms. The van der Waals surface area contributed by atoms with Gasteiger partial charge in [0.2, 0.25) is 0 Å². The zero-order valence-corrected chi connectivity index (χ0v) is 10.2. The van der Waals surface area contributed by atoms with Gasteiger partial charge < -0.3 is 9.05 Å². The molecule has 2 aromatic heterocycles. The molecule has 4 heteroatoms. The molecule has 2 rings (SSSR count). The SMILES string of the molecule is CC(C)c1ccno1.CC(C)c1ccon1. The Morgan fingerprint density at radius 2 is 1.81 bits per heavy atom. The maximum Gasteiger partial charge on any atom is 0.139 e. The summed E-state index contributed by atoms with van der Waals surface area (Å²) in [6, 6.07) is 3.76. The molecule has 0 spiro atoms. The summed E-state index contributed by atoms with van der Waals surface area (Å²) in [6.07, 6.45) is 3.25. The molecule has 0 fully saturated rings. The summed E-state index contributed by atoms with van der Waals surface area (Å²) < 4.78 is 9.47. The molecule has 0 saturated heterocycles. The molecule has 88 valence electrons. The van der Waals surface area contributed by atoms with Crippen molar-refractivity contribution in [1.82, 2.24) is 10.3 Å². The van der Waals surface area contributed by atoms with Crippen LogP contribution in [0.25, 0.3) is 0 Å². The fraction of sp³-hybridized carbons (Fsp3) is 0.500. The average Bonchev–Trinajstić information content (AvgIpc) is 2.93. The van der Waals surface area contributed by atoms with Crippen LogP contribution in [-0.2, 0) is 0 Å². The monoisotopic (exact) mass is 222 g/mol. The summed E-state index contributed by atoms with van der Waals surface area (Å²) in [5.74, 6) is 1.89. The zero-order chi connectivity index (χ0) is 12.0. The van der Waals surface area contributed by atoms with Gasteiger partial charge in [-0.05, 0) is 5.92 Å². The molecule has 2 aromatic rings. The Kier molecular flexibility index (Phi) is 4.76. The molecule has 4 nitrogen and oxygen atoms in total. The van der Waals surface area contributed by atoms with Crippen LogP contribution >= 0.6 is 0 Å². The predicted molar refractivity (Wildman–Crippen MR) is 61.2 cm³/mol. The second-order valence-corrected chi connectivity index (χ2v) is 4.15. The van der Waals surface area contributed by atoms with Crippen LogP contribution in [0.4, 0.5) is 0 Å². The maximum absolute atomic E-state index is 4.84. The molecule has 0 aliphatic rings. The number of hydrogen-bond donors (Lipinski definition) is 0. The number of rotatable bonds is 2. The molecule has 0 saturated carbocycles. The van der Waals surface area contributed by atoms with Crippen LogP contribution in [0.2, 0.25) is 0 Å². The molecule has 0 amide bonds. The van der Waals surface area contributed by atoms with Crippen LogP contribution < -0.4 is 0 Å². The summed E-state index contributed by atoms with van der Waals surface area (Å²) in [4.78, 5) is 0. The van der Waals surface area contributed by atoms with E-state index in [1.165, 1.54) is 0 Å². The molecule has 2 heterocycles. The lowest BCUT2D eigenvalue weighted by Crippen LogP contribution is -1.83. The first kappa shape index (κ1) is 12.5. The normalized spacial score (nSPS) is 10.4. The largest absolute Gasteiger partial charge is 0.365 e. The van der Waals surface area contributed by atoms with Crippen molar-refractivity contribution < 1.29 is 9.05 Å². The molecule has 0 radical (unpaired) electrons. The second kappa shape index (κ2) is 6.10. The third kappa shape index (κ3) is 3.88. The smallest absolute Gasteiger partial charge is 0.139 e. The predicted octanol–water partition coefficient (Wildman–Crippen LogP) is 3.60. The van der Waals surface area contributed by atoms with Crippen molar-refractivity contribution >= 4 is 0 Å². The van der Waals surface area contributed by atoms with Gasteiger partial charge in [0.25, 0.3) is 0 Å². The van der Waals surface area contributed by atoms with E-state index in [2.05, 4.69) is 42.5 Å². The van der Waals surface area contributed by atoms with Crippen LogP contribution in [0.1, 0.15) is 51.0 Å². The number of aromatic nitrogens is 2. The molecule has 0 N–H and O–H groups in total. The molecule has 0 aromatic carbocycles. The van der Waals surface area contributed by atoms with Gasteiger partial charge in [-0.1, -0.05) is 38.0 Å². The van der Waals surface area contributed by atoms with E-state index < -0.39 is 0 Å². The summed E-state index contributed by atoms with van der Waals surface area (Å²) in [7, 11) is 0. The summed E-state index contributed by atoms with van der Waals surface area (Å²) >= 11 is 0. The molecule has 0 unspecified atom stereocenters. The topological polar surface area (TPSA) is 52.1 Å². The molecule has 0 aliphatic heterocycles. The van der Waals surface area contributed by atoms with E-state index in [0.717, 1.165) is 11.5 Å². The Labute approximate surface area is 95.6 Å². The van der Waals surface area contributed by atoms with Gasteiger partial charge in [-0.3, -0.25) is 0 Å².